The van der Waals surface area contributed by atoms with Crippen molar-refractivity contribution in [2.75, 3.05) is 13.2 Å². The van der Waals surface area contributed by atoms with Crippen molar-refractivity contribution in [3.8, 4) is 11.5 Å². The zero-order chi connectivity index (χ0) is 22.9. The first kappa shape index (κ1) is 23.0. The number of rotatable bonds is 7. The highest BCUT2D eigenvalue weighted by Gasteiger charge is 2.10. The molecule has 0 aliphatic rings. The summed E-state index contributed by atoms with van der Waals surface area (Å²) >= 11 is 5.07. The summed E-state index contributed by atoms with van der Waals surface area (Å²) in [6, 6.07) is 20.2. The van der Waals surface area contributed by atoms with E-state index in [1.807, 2.05) is 50.2 Å². The van der Waals surface area contributed by atoms with Crippen LogP contribution >= 0.6 is 12.2 Å². The summed E-state index contributed by atoms with van der Waals surface area (Å²) in [6.45, 7) is 4.43. The molecule has 3 rings (SSSR count). The van der Waals surface area contributed by atoms with Crippen molar-refractivity contribution in [2.24, 2.45) is 5.92 Å². The van der Waals surface area contributed by atoms with Gasteiger partial charge in [0.2, 0.25) is 0 Å². The standard InChI is InChI=1S/C24H25N3O4S/c1-16(2)14-30-20-9-5-8-19(13-20)23(29)25-24(32)27-26-22(28)15-31-21-11-10-17-6-3-4-7-18(17)12-21/h3-13,16H,14-15H2,1-2H3,(H,26,28)(H2,25,27,29,32). The van der Waals surface area contributed by atoms with Crippen LogP contribution in [0.2, 0.25) is 0 Å². The Balaban J connectivity index is 1.43. The number of fused-ring (bicyclic) bond motifs is 1. The second-order valence-corrected chi connectivity index (χ2v) is 7.89. The van der Waals surface area contributed by atoms with E-state index in [-0.39, 0.29) is 11.7 Å². The Bertz CT molecular complexity index is 1120. The van der Waals surface area contributed by atoms with Crippen LogP contribution in [0.1, 0.15) is 24.2 Å². The third kappa shape index (κ3) is 6.95. The lowest BCUT2D eigenvalue weighted by atomic mass is 10.1. The van der Waals surface area contributed by atoms with Crippen molar-refractivity contribution < 1.29 is 19.1 Å². The zero-order valence-corrected chi connectivity index (χ0v) is 18.7. The molecule has 3 aromatic rings. The van der Waals surface area contributed by atoms with E-state index in [1.54, 1.807) is 30.3 Å². The molecule has 7 nitrogen and oxygen atoms in total. The number of thiocarbonyl (C=S) groups is 1. The summed E-state index contributed by atoms with van der Waals surface area (Å²) in [7, 11) is 0. The number of hydrogen-bond acceptors (Lipinski definition) is 5. The third-order valence-corrected chi connectivity index (χ3v) is 4.52. The van der Waals surface area contributed by atoms with E-state index in [0.29, 0.717) is 29.6 Å². The highest BCUT2D eigenvalue weighted by Crippen LogP contribution is 2.20. The van der Waals surface area contributed by atoms with Gasteiger partial charge in [-0.05, 0) is 59.2 Å². The van der Waals surface area contributed by atoms with Crippen LogP contribution in [0.5, 0.6) is 11.5 Å². The number of carbonyl (C=O) groups is 2. The van der Waals surface area contributed by atoms with E-state index in [9.17, 15) is 9.59 Å². The maximum atomic E-state index is 12.4. The molecular weight excluding hydrogens is 426 g/mol. The Morgan fingerprint density at radius 1 is 0.875 bits per heavy atom. The molecule has 0 radical (unpaired) electrons. The van der Waals surface area contributed by atoms with E-state index >= 15 is 0 Å². The van der Waals surface area contributed by atoms with E-state index in [2.05, 4.69) is 16.2 Å². The molecule has 0 spiro atoms. The molecular formula is C24H25N3O4S. The minimum Gasteiger partial charge on any atom is -0.493 e. The van der Waals surface area contributed by atoms with Gasteiger partial charge in [-0.15, -0.1) is 0 Å². The van der Waals surface area contributed by atoms with Gasteiger partial charge in [-0.2, -0.15) is 0 Å². The minimum atomic E-state index is -0.446. The molecule has 32 heavy (non-hydrogen) atoms. The number of ether oxygens (including phenoxy) is 2. The monoisotopic (exact) mass is 451 g/mol. The molecule has 166 valence electrons. The van der Waals surface area contributed by atoms with Crippen LogP contribution in [0.25, 0.3) is 10.8 Å². The van der Waals surface area contributed by atoms with Gasteiger partial charge >= 0.3 is 0 Å². The molecule has 0 aliphatic carbocycles. The molecule has 8 heteroatoms. The maximum Gasteiger partial charge on any atom is 0.276 e. The summed E-state index contributed by atoms with van der Waals surface area (Å²) in [5, 5.41) is 4.58. The molecule has 0 bridgehead atoms. The zero-order valence-electron chi connectivity index (χ0n) is 17.9. The Morgan fingerprint density at radius 2 is 1.62 bits per heavy atom. The molecule has 0 aromatic heterocycles. The minimum absolute atomic E-state index is 0.0393. The summed E-state index contributed by atoms with van der Waals surface area (Å²) in [5.41, 5.74) is 5.28. The average molecular weight is 452 g/mol. The number of hydrogen-bond donors (Lipinski definition) is 3. The predicted molar refractivity (Wildman–Crippen MR) is 128 cm³/mol. The van der Waals surface area contributed by atoms with Crippen molar-refractivity contribution in [1.82, 2.24) is 16.2 Å². The molecule has 0 unspecified atom stereocenters. The molecule has 3 N–H and O–H groups in total. The van der Waals surface area contributed by atoms with Crippen molar-refractivity contribution in [1.29, 1.82) is 0 Å². The molecule has 3 aromatic carbocycles. The largest absolute Gasteiger partial charge is 0.493 e. The molecule has 0 saturated carbocycles. The summed E-state index contributed by atoms with van der Waals surface area (Å²) in [5.74, 6) is 0.690. The van der Waals surface area contributed by atoms with E-state index in [0.717, 1.165) is 10.8 Å². The van der Waals surface area contributed by atoms with E-state index in [1.165, 1.54) is 0 Å². The number of benzene rings is 3. The molecule has 0 saturated heterocycles. The van der Waals surface area contributed by atoms with Crippen LogP contribution in [-0.2, 0) is 4.79 Å². The molecule has 0 fully saturated rings. The number of nitrogens with one attached hydrogen (secondary N) is 3. The van der Waals surface area contributed by atoms with Crippen molar-refractivity contribution in [3.05, 3.63) is 72.3 Å². The summed E-state index contributed by atoms with van der Waals surface area (Å²) in [4.78, 5) is 24.4. The Hall–Kier alpha value is -3.65. The van der Waals surface area contributed by atoms with E-state index < -0.39 is 11.8 Å². The van der Waals surface area contributed by atoms with Crippen LogP contribution in [0.15, 0.2) is 66.7 Å². The molecule has 0 heterocycles. The maximum absolute atomic E-state index is 12.4. The first-order valence-corrected chi connectivity index (χ1v) is 10.6. The lowest BCUT2D eigenvalue weighted by Gasteiger charge is -2.12. The number of carbonyl (C=O) groups excluding carboxylic acids is 2. The number of amides is 2. The smallest absolute Gasteiger partial charge is 0.276 e. The van der Waals surface area contributed by atoms with Crippen LogP contribution in [0.3, 0.4) is 0 Å². The van der Waals surface area contributed by atoms with Crippen LogP contribution in [-0.4, -0.2) is 30.1 Å². The predicted octanol–water partition coefficient (Wildman–Crippen LogP) is 3.59. The van der Waals surface area contributed by atoms with Gasteiger partial charge in [0.15, 0.2) is 11.7 Å². The van der Waals surface area contributed by atoms with Crippen molar-refractivity contribution >= 4 is 39.9 Å². The highest BCUT2D eigenvalue weighted by atomic mass is 32.1. The lowest BCUT2D eigenvalue weighted by molar-refractivity contribution is -0.123. The fraction of sp³-hybridized carbons (Fsp3) is 0.208. The van der Waals surface area contributed by atoms with Gasteiger partial charge < -0.3 is 9.47 Å². The highest BCUT2D eigenvalue weighted by molar-refractivity contribution is 7.80. The van der Waals surface area contributed by atoms with Gasteiger partial charge in [0.05, 0.1) is 6.61 Å². The molecule has 0 aliphatic heterocycles. The first-order valence-electron chi connectivity index (χ1n) is 10.2. The van der Waals surface area contributed by atoms with Gasteiger partial charge in [-0.3, -0.25) is 25.8 Å². The summed E-state index contributed by atoms with van der Waals surface area (Å²) in [6.07, 6.45) is 0. The first-order chi connectivity index (χ1) is 15.4. The fourth-order valence-electron chi connectivity index (χ4n) is 2.77. The van der Waals surface area contributed by atoms with Crippen molar-refractivity contribution in [2.45, 2.75) is 13.8 Å². The second-order valence-electron chi connectivity index (χ2n) is 7.49. The Kier molecular flexibility index (Phi) is 7.99. The quantitative estimate of drug-likeness (QED) is 0.376. The van der Waals surface area contributed by atoms with Crippen molar-refractivity contribution in [3.63, 3.8) is 0 Å². The van der Waals surface area contributed by atoms with Gasteiger partial charge in [0.25, 0.3) is 11.8 Å². The van der Waals surface area contributed by atoms with Gasteiger partial charge in [-0.1, -0.05) is 50.2 Å². The molecule has 0 atom stereocenters. The van der Waals surface area contributed by atoms with Crippen LogP contribution in [0, 0.1) is 5.92 Å². The normalized spacial score (nSPS) is 10.5. The number of hydrazine groups is 1. The van der Waals surface area contributed by atoms with Gasteiger partial charge in [-0.25, -0.2) is 0 Å². The summed E-state index contributed by atoms with van der Waals surface area (Å²) < 4.78 is 11.1. The van der Waals surface area contributed by atoms with Gasteiger partial charge in [0, 0.05) is 5.56 Å². The third-order valence-electron chi connectivity index (χ3n) is 4.31. The fourth-order valence-corrected chi connectivity index (χ4v) is 2.91. The van der Waals surface area contributed by atoms with Crippen LogP contribution in [0.4, 0.5) is 0 Å². The van der Waals surface area contributed by atoms with E-state index in [4.69, 9.17) is 21.7 Å². The SMILES string of the molecule is CC(C)COc1cccc(C(=O)NC(=S)NNC(=O)COc2ccc3ccccc3c2)c1. The Morgan fingerprint density at radius 3 is 2.41 bits per heavy atom. The second kappa shape index (κ2) is 11.1. The topological polar surface area (TPSA) is 88.7 Å². The Labute approximate surface area is 192 Å². The lowest BCUT2D eigenvalue weighted by Crippen LogP contribution is -2.49. The molecule has 2 amide bonds. The van der Waals surface area contributed by atoms with Gasteiger partial charge in [0.1, 0.15) is 11.5 Å². The van der Waals surface area contributed by atoms with Crippen LogP contribution < -0.4 is 25.6 Å². The average Bonchev–Trinajstić information content (AvgIpc) is 2.80.